The van der Waals surface area contributed by atoms with E-state index in [4.69, 9.17) is 11.6 Å². The Hall–Kier alpha value is -1.42. The van der Waals surface area contributed by atoms with Crippen molar-refractivity contribution in [3.63, 3.8) is 0 Å². The van der Waals surface area contributed by atoms with Gasteiger partial charge in [-0.05, 0) is 30.9 Å². The number of hydrogen-bond donors (Lipinski definition) is 0. The molecule has 1 saturated carbocycles. The smallest absolute Gasteiger partial charge is 0.233 e. The highest BCUT2D eigenvalue weighted by atomic mass is 35.5. The largest absolute Gasteiger partial charge is 0.276 e. The van der Waals surface area contributed by atoms with Crippen molar-refractivity contribution in [2.75, 3.05) is 0 Å². The van der Waals surface area contributed by atoms with Crippen molar-refractivity contribution >= 4 is 23.4 Å². The summed E-state index contributed by atoms with van der Waals surface area (Å²) >= 11 is 5.84. The molecule has 1 aliphatic heterocycles. The van der Waals surface area contributed by atoms with Gasteiger partial charge in [0.05, 0.1) is 24.1 Å². The molecule has 0 spiro atoms. The van der Waals surface area contributed by atoms with Crippen LogP contribution in [0.4, 0.5) is 0 Å². The molecule has 4 nitrogen and oxygen atoms in total. The van der Waals surface area contributed by atoms with E-state index in [0.29, 0.717) is 16.8 Å². The van der Waals surface area contributed by atoms with E-state index in [1.807, 2.05) is 0 Å². The monoisotopic (exact) mass is 292 g/mol. The topological polar surface area (TPSA) is 50.3 Å². The van der Waals surface area contributed by atoms with Crippen LogP contribution >= 0.6 is 11.6 Å². The first-order chi connectivity index (χ1) is 9.60. The molecule has 2 atom stereocenters. The number of carbonyl (C=O) groups excluding carboxylic acids is 2. The summed E-state index contributed by atoms with van der Waals surface area (Å²) < 4.78 is 0. The van der Waals surface area contributed by atoms with Crippen molar-refractivity contribution in [1.82, 2.24) is 9.88 Å². The molecule has 2 amide bonds. The molecule has 1 saturated heterocycles. The van der Waals surface area contributed by atoms with E-state index in [9.17, 15) is 9.59 Å². The summed E-state index contributed by atoms with van der Waals surface area (Å²) in [5.74, 6) is 0.248. The maximum atomic E-state index is 12.4. The average molecular weight is 293 g/mol. The number of halogens is 1. The van der Waals surface area contributed by atoms with Gasteiger partial charge in [0.25, 0.3) is 0 Å². The van der Waals surface area contributed by atoms with Gasteiger partial charge in [-0.15, -0.1) is 0 Å². The Labute approximate surface area is 123 Å². The average Bonchev–Trinajstić information content (AvgIpc) is 2.95. The lowest BCUT2D eigenvalue weighted by molar-refractivity contribution is -0.141. The van der Waals surface area contributed by atoms with E-state index in [1.54, 1.807) is 18.2 Å². The highest BCUT2D eigenvalue weighted by Crippen LogP contribution is 2.44. The molecule has 1 aliphatic carbocycles. The molecule has 2 aliphatic rings. The van der Waals surface area contributed by atoms with E-state index in [0.717, 1.165) is 19.3 Å². The lowest BCUT2D eigenvalue weighted by atomic mass is 10.00. The first-order valence-corrected chi connectivity index (χ1v) is 7.44. The van der Waals surface area contributed by atoms with Gasteiger partial charge in [-0.3, -0.25) is 14.5 Å². The maximum Gasteiger partial charge on any atom is 0.233 e. The number of nitrogens with zero attached hydrogens (tertiary/aromatic N) is 2. The molecular weight excluding hydrogens is 276 g/mol. The Kier molecular flexibility index (Phi) is 3.50. The van der Waals surface area contributed by atoms with Gasteiger partial charge in [0.1, 0.15) is 5.15 Å². The molecule has 1 aromatic rings. The highest BCUT2D eigenvalue weighted by Gasteiger charge is 2.52. The number of rotatable bonds is 3. The third-order valence-electron chi connectivity index (χ3n) is 4.50. The number of hydrogen-bond acceptors (Lipinski definition) is 3. The zero-order chi connectivity index (χ0) is 14.3. The fraction of sp³-hybridized carbons (Fsp3) is 0.533. The summed E-state index contributed by atoms with van der Waals surface area (Å²) in [5, 5.41) is 0.382. The number of fused-ring (bicyclic) bond motifs is 1. The number of likely N-dealkylation sites (tertiary alicyclic amines) is 1. The number of imide groups is 1. The van der Waals surface area contributed by atoms with Crippen LogP contribution in [-0.4, -0.2) is 21.7 Å². The van der Waals surface area contributed by atoms with Crippen molar-refractivity contribution in [2.24, 2.45) is 17.8 Å². The van der Waals surface area contributed by atoms with Gasteiger partial charge in [0.15, 0.2) is 0 Å². The molecule has 2 heterocycles. The van der Waals surface area contributed by atoms with E-state index >= 15 is 0 Å². The summed E-state index contributed by atoms with van der Waals surface area (Å²) in [6.07, 6.45) is 2.75. The third-order valence-corrected chi connectivity index (χ3v) is 4.71. The predicted molar refractivity (Wildman–Crippen MR) is 74.8 cm³/mol. The highest BCUT2D eigenvalue weighted by molar-refractivity contribution is 6.29. The van der Waals surface area contributed by atoms with E-state index in [-0.39, 0.29) is 30.2 Å². The second-order valence-electron chi connectivity index (χ2n) is 5.67. The zero-order valence-corrected chi connectivity index (χ0v) is 12.1. The minimum atomic E-state index is -0.105. The molecular formula is C15H17ClN2O2. The van der Waals surface area contributed by atoms with Crippen LogP contribution in [0.15, 0.2) is 18.2 Å². The molecule has 3 rings (SSSR count). The van der Waals surface area contributed by atoms with Crippen molar-refractivity contribution < 1.29 is 9.59 Å². The Bertz CT molecular complexity index is 537. The third kappa shape index (κ3) is 2.22. The first-order valence-electron chi connectivity index (χ1n) is 7.06. The van der Waals surface area contributed by atoms with Crippen molar-refractivity contribution in [3.05, 3.63) is 29.0 Å². The summed E-state index contributed by atoms with van der Waals surface area (Å²) in [6.45, 7) is 2.36. The summed E-state index contributed by atoms with van der Waals surface area (Å²) in [6, 6.07) is 5.25. The minimum absolute atomic E-state index is 0.0299. The summed E-state index contributed by atoms with van der Waals surface area (Å²) in [4.78, 5) is 30.3. The van der Waals surface area contributed by atoms with Gasteiger partial charge in [-0.2, -0.15) is 0 Å². The fourth-order valence-electron chi connectivity index (χ4n) is 3.39. The Balaban J connectivity index is 1.77. The molecule has 2 unspecified atom stereocenters. The second-order valence-corrected chi connectivity index (χ2v) is 6.06. The quantitative estimate of drug-likeness (QED) is 0.636. The fourth-order valence-corrected chi connectivity index (χ4v) is 3.57. The minimum Gasteiger partial charge on any atom is -0.276 e. The molecule has 0 aromatic carbocycles. The first kappa shape index (κ1) is 13.6. The Morgan fingerprint density at radius 2 is 1.90 bits per heavy atom. The van der Waals surface area contributed by atoms with Crippen LogP contribution in [-0.2, 0) is 16.1 Å². The Morgan fingerprint density at radius 3 is 2.45 bits per heavy atom. The molecule has 0 radical (unpaired) electrons. The Morgan fingerprint density at radius 1 is 1.25 bits per heavy atom. The van der Waals surface area contributed by atoms with E-state index in [1.165, 1.54) is 4.90 Å². The normalized spacial score (nSPS) is 29.1. The number of carbonyl (C=O) groups is 2. The van der Waals surface area contributed by atoms with E-state index < -0.39 is 0 Å². The molecule has 0 bridgehead atoms. The van der Waals surface area contributed by atoms with Crippen LogP contribution in [0.25, 0.3) is 0 Å². The van der Waals surface area contributed by atoms with Crippen LogP contribution in [0.5, 0.6) is 0 Å². The van der Waals surface area contributed by atoms with Gasteiger partial charge in [0.2, 0.25) is 11.8 Å². The SMILES string of the molecule is CCC1CC2C(=O)N(Cc3cccc(Cl)n3)C(=O)C2C1. The van der Waals surface area contributed by atoms with Crippen LogP contribution in [0.3, 0.4) is 0 Å². The molecule has 5 heteroatoms. The lowest BCUT2D eigenvalue weighted by Crippen LogP contribution is -2.32. The van der Waals surface area contributed by atoms with Gasteiger partial charge < -0.3 is 0 Å². The number of amides is 2. The standard InChI is InChI=1S/C15H17ClN2O2/c1-2-9-6-11-12(7-9)15(20)18(14(11)19)8-10-4-3-5-13(16)17-10/h3-5,9,11-12H,2,6-8H2,1H3. The molecule has 0 N–H and O–H groups in total. The maximum absolute atomic E-state index is 12.4. The summed E-state index contributed by atoms with van der Waals surface area (Å²) in [7, 11) is 0. The summed E-state index contributed by atoms with van der Waals surface area (Å²) in [5.41, 5.74) is 0.659. The van der Waals surface area contributed by atoms with Gasteiger partial charge in [0, 0.05) is 0 Å². The second kappa shape index (κ2) is 5.17. The molecule has 20 heavy (non-hydrogen) atoms. The van der Waals surface area contributed by atoms with Crippen molar-refractivity contribution in [1.29, 1.82) is 0 Å². The van der Waals surface area contributed by atoms with E-state index in [2.05, 4.69) is 11.9 Å². The van der Waals surface area contributed by atoms with Crippen LogP contribution in [0, 0.1) is 17.8 Å². The van der Waals surface area contributed by atoms with Crippen LogP contribution in [0.1, 0.15) is 31.9 Å². The predicted octanol–water partition coefficient (Wildman–Crippen LogP) is 2.66. The van der Waals surface area contributed by atoms with Gasteiger partial charge >= 0.3 is 0 Å². The van der Waals surface area contributed by atoms with Gasteiger partial charge in [-0.1, -0.05) is 31.0 Å². The van der Waals surface area contributed by atoms with Crippen molar-refractivity contribution in [2.45, 2.75) is 32.7 Å². The number of pyridine rings is 1. The van der Waals surface area contributed by atoms with Crippen molar-refractivity contribution in [3.8, 4) is 0 Å². The molecule has 1 aromatic heterocycles. The van der Waals surface area contributed by atoms with Crippen LogP contribution in [0.2, 0.25) is 5.15 Å². The van der Waals surface area contributed by atoms with Gasteiger partial charge in [-0.25, -0.2) is 4.98 Å². The lowest BCUT2D eigenvalue weighted by Gasteiger charge is -2.17. The zero-order valence-electron chi connectivity index (χ0n) is 11.4. The van der Waals surface area contributed by atoms with Crippen LogP contribution < -0.4 is 0 Å². The molecule has 2 fully saturated rings. The number of aromatic nitrogens is 1. The molecule has 106 valence electrons.